The Labute approximate surface area is 336 Å². The van der Waals surface area contributed by atoms with Crippen LogP contribution in [-0.2, 0) is 5.41 Å². The van der Waals surface area contributed by atoms with Gasteiger partial charge in [0, 0.05) is 27.8 Å². The molecular formula is C53H32N4O. The van der Waals surface area contributed by atoms with Crippen molar-refractivity contribution in [2.45, 2.75) is 5.41 Å². The van der Waals surface area contributed by atoms with E-state index >= 15 is 0 Å². The summed E-state index contributed by atoms with van der Waals surface area (Å²) in [5.41, 5.74) is 13.5. The highest BCUT2D eigenvalue weighted by molar-refractivity contribution is 5.91. The van der Waals surface area contributed by atoms with Crippen LogP contribution in [0, 0.1) is 11.3 Å². The zero-order valence-electron chi connectivity index (χ0n) is 31.2. The minimum Gasteiger partial charge on any atom is -0.457 e. The molecule has 0 N–H and O–H groups in total. The van der Waals surface area contributed by atoms with Crippen molar-refractivity contribution in [2.24, 2.45) is 0 Å². The molecule has 8 aromatic carbocycles. The Morgan fingerprint density at radius 2 is 0.810 bits per heavy atom. The predicted octanol–water partition coefficient (Wildman–Crippen LogP) is 12.5. The Bertz CT molecular complexity index is 3070. The maximum Gasteiger partial charge on any atom is 0.164 e. The highest BCUT2D eigenvalue weighted by Crippen LogP contribution is 2.62. The van der Waals surface area contributed by atoms with Gasteiger partial charge in [-0.05, 0) is 87.0 Å². The highest BCUT2D eigenvalue weighted by atomic mass is 16.5. The lowest BCUT2D eigenvalue weighted by Crippen LogP contribution is -2.32. The molecule has 1 spiro atoms. The van der Waals surface area contributed by atoms with E-state index in [1.807, 2.05) is 66.7 Å². The van der Waals surface area contributed by atoms with E-state index in [4.69, 9.17) is 19.7 Å². The first-order valence-electron chi connectivity index (χ1n) is 19.3. The molecule has 0 saturated carbocycles. The molecule has 0 amide bonds. The SMILES string of the molecule is N#Cc1cccc(-c2ccc3c(c2)C2(c4ccccc4Oc4ccccc42)c2cc(-c4nc(-c5ccccc5)nc(-c5cccc(-c6ccccc6)c5)n4)ccc2-3)c1. The van der Waals surface area contributed by atoms with Crippen molar-refractivity contribution in [1.29, 1.82) is 5.26 Å². The minimum atomic E-state index is -0.725. The first kappa shape index (κ1) is 33.4. The van der Waals surface area contributed by atoms with Gasteiger partial charge in [0.2, 0.25) is 0 Å². The number of hydrogen-bond donors (Lipinski definition) is 0. The van der Waals surface area contributed by atoms with E-state index in [1.54, 1.807) is 0 Å². The van der Waals surface area contributed by atoms with E-state index in [0.717, 1.165) is 83.8 Å². The van der Waals surface area contributed by atoms with Gasteiger partial charge in [0.15, 0.2) is 17.5 Å². The van der Waals surface area contributed by atoms with Crippen molar-refractivity contribution >= 4 is 0 Å². The molecule has 58 heavy (non-hydrogen) atoms. The van der Waals surface area contributed by atoms with Crippen LogP contribution in [0.5, 0.6) is 11.5 Å². The van der Waals surface area contributed by atoms with Crippen molar-refractivity contribution in [3.05, 3.63) is 222 Å². The van der Waals surface area contributed by atoms with E-state index in [2.05, 4.69) is 133 Å². The Morgan fingerprint density at radius 1 is 0.362 bits per heavy atom. The van der Waals surface area contributed by atoms with Crippen LogP contribution < -0.4 is 4.74 Å². The summed E-state index contributed by atoms with van der Waals surface area (Å²) in [6.07, 6.45) is 0. The molecule has 2 aliphatic rings. The van der Waals surface area contributed by atoms with Crippen molar-refractivity contribution in [1.82, 2.24) is 15.0 Å². The monoisotopic (exact) mass is 740 g/mol. The summed E-state index contributed by atoms with van der Waals surface area (Å²) in [6, 6.07) is 69.1. The van der Waals surface area contributed by atoms with Gasteiger partial charge in [-0.3, -0.25) is 0 Å². The molecule has 0 saturated heterocycles. The third-order valence-corrected chi connectivity index (χ3v) is 11.4. The molecule has 9 aromatic rings. The van der Waals surface area contributed by atoms with Gasteiger partial charge in [-0.25, -0.2) is 15.0 Å². The topological polar surface area (TPSA) is 71.7 Å². The van der Waals surface area contributed by atoms with Crippen molar-refractivity contribution in [3.8, 4) is 85.1 Å². The summed E-state index contributed by atoms with van der Waals surface area (Å²) in [6.45, 7) is 0. The number of hydrogen-bond acceptors (Lipinski definition) is 5. The van der Waals surface area contributed by atoms with Crippen LogP contribution in [0.25, 0.3) is 67.5 Å². The average molecular weight is 741 g/mol. The Morgan fingerprint density at radius 3 is 1.45 bits per heavy atom. The molecule has 0 unspecified atom stereocenters. The summed E-state index contributed by atoms with van der Waals surface area (Å²) in [4.78, 5) is 15.5. The molecule has 1 aliphatic heterocycles. The third-order valence-electron chi connectivity index (χ3n) is 11.4. The van der Waals surface area contributed by atoms with E-state index < -0.39 is 5.41 Å². The summed E-state index contributed by atoms with van der Waals surface area (Å²) in [5.74, 6) is 3.43. The molecule has 0 fully saturated rings. The maximum atomic E-state index is 9.76. The van der Waals surface area contributed by atoms with Gasteiger partial charge in [0.05, 0.1) is 17.0 Å². The minimum absolute atomic E-state index is 0.588. The second-order valence-corrected chi connectivity index (χ2v) is 14.7. The van der Waals surface area contributed by atoms with E-state index in [9.17, 15) is 5.26 Å². The molecule has 0 atom stereocenters. The number of aromatic nitrogens is 3. The van der Waals surface area contributed by atoms with Gasteiger partial charge in [0.1, 0.15) is 11.5 Å². The van der Waals surface area contributed by atoms with Crippen LogP contribution in [0.15, 0.2) is 194 Å². The first-order valence-corrected chi connectivity index (χ1v) is 19.3. The van der Waals surface area contributed by atoms with Crippen LogP contribution in [0.3, 0.4) is 0 Å². The molecule has 0 radical (unpaired) electrons. The standard InChI is InChI=1S/C53H32N4O/c54-33-34-13-11-18-37(29-34)39-25-27-42-43-28-26-41(32-47(43)53(46(42)31-39)44-21-7-9-23-48(44)58-49-24-10-8-22-45(49)53)52-56-50(36-16-5-2-6-17-36)55-51(57-52)40-20-12-19-38(30-40)35-14-3-1-4-15-35/h1-32H. The van der Waals surface area contributed by atoms with Gasteiger partial charge in [-0.15, -0.1) is 0 Å². The molecule has 1 aromatic heterocycles. The fraction of sp³-hybridized carbons (Fsp3) is 0.0189. The molecule has 270 valence electrons. The van der Waals surface area contributed by atoms with E-state index in [0.29, 0.717) is 23.0 Å². The average Bonchev–Trinajstić information content (AvgIpc) is 3.58. The largest absolute Gasteiger partial charge is 0.457 e. The summed E-state index contributed by atoms with van der Waals surface area (Å²) in [7, 11) is 0. The fourth-order valence-electron chi connectivity index (χ4n) is 8.80. The fourth-order valence-corrected chi connectivity index (χ4v) is 8.80. The summed E-state index contributed by atoms with van der Waals surface area (Å²) < 4.78 is 6.66. The third kappa shape index (κ3) is 5.27. The van der Waals surface area contributed by atoms with E-state index in [-0.39, 0.29) is 0 Å². The van der Waals surface area contributed by atoms with Crippen LogP contribution in [0.1, 0.15) is 27.8 Å². The molecule has 1 aliphatic carbocycles. The lowest BCUT2D eigenvalue weighted by molar-refractivity contribution is 0.436. The van der Waals surface area contributed by atoms with Gasteiger partial charge in [-0.1, -0.05) is 152 Å². The van der Waals surface area contributed by atoms with Crippen LogP contribution in [0.4, 0.5) is 0 Å². The maximum absolute atomic E-state index is 9.76. The van der Waals surface area contributed by atoms with Crippen molar-refractivity contribution in [3.63, 3.8) is 0 Å². The lowest BCUT2D eigenvalue weighted by Gasteiger charge is -2.39. The van der Waals surface area contributed by atoms with Gasteiger partial charge < -0.3 is 4.74 Å². The van der Waals surface area contributed by atoms with Crippen LogP contribution >= 0.6 is 0 Å². The number of fused-ring (bicyclic) bond motifs is 9. The molecule has 0 bridgehead atoms. The zero-order valence-corrected chi connectivity index (χ0v) is 31.2. The predicted molar refractivity (Wildman–Crippen MR) is 229 cm³/mol. The summed E-state index contributed by atoms with van der Waals surface area (Å²) >= 11 is 0. The second-order valence-electron chi connectivity index (χ2n) is 14.7. The highest BCUT2D eigenvalue weighted by Gasteiger charge is 2.51. The van der Waals surface area contributed by atoms with E-state index in [1.165, 1.54) is 0 Å². The van der Waals surface area contributed by atoms with Gasteiger partial charge in [0.25, 0.3) is 0 Å². The quantitative estimate of drug-likeness (QED) is 0.176. The number of nitriles is 1. The number of para-hydroxylation sites is 2. The molecule has 2 heterocycles. The smallest absolute Gasteiger partial charge is 0.164 e. The number of ether oxygens (including phenoxy) is 1. The molecule has 5 nitrogen and oxygen atoms in total. The Balaban J connectivity index is 1.15. The molecule has 5 heteroatoms. The lowest BCUT2D eigenvalue weighted by atomic mass is 9.65. The van der Waals surface area contributed by atoms with Gasteiger partial charge >= 0.3 is 0 Å². The normalized spacial score (nSPS) is 12.7. The van der Waals surface area contributed by atoms with Crippen LogP contribution in [-0.4, -0.2) is 15.0 Å². The molecular weight excluding hydrogens is 709 g/mol. The van der Waals surface area contributed by atoms with Gasteiger partial charge in [-0.2, -0.15) is 5.26 Å². The Hall–Kier alpha value is -7.94. The Kier molecular flexibility index (Phi) is 7.70. The van der Waals surface area contributed by atoms with Crippen molar-refractivity contribution in [2.75, 3.05) is 0 Å². The number of benzene rings is 8. The molecule has 11 rings (SSSR count). The van der Waals surface area contributed by atoms with Crippen molar-refractivity contribution < 1.29 is 4.74 Å². The summed E-state index contributed by atoms with van der Waals surface area (Å²) in [5, 5.41) is 9.76. The second kappa shape index (κ2) is 13.4. The zero-order chi connectivity index (χ0) is 38.6. The van der Waals surface area contributed by atoms with Crippen LogP contribution in [0.2, 0.25) is 0 Å². The number of nitrogens with zero attached hydrogens (tertiary/aromatic N) is 4. The first-order chi connectivity index (χ1) is 28.7. The number of rotatable bonds is 5.